The standard InChI is InChI=1S/C7H6BrClO2S.C7H6BrClS.C6H3BrClF/c1-12(10,11)5-2-3-6(8)7(9)4-5;1-10-5-2-3-6(8)7(9)4-5;7-5-2-1-4(9)3-6(5)8/h2-4H,1H3;2-4H,1H3;1-3H. The van der Waals surface area contributed by atoms with Crippen molar-refractivity contribution < 1.29 is 12.8 Å². The van der Waals surface area contributed by atoms with Gasteiger partial charge in [0.05, 0.1) is 20.0 Å². The van der Waals surface area contributed by atoms with Crippen LogP contribution in [0.15, 0.2) is 77.8 Å². The molecule has 0 atom stereocenters. The second-order valence-electron chi connectivity index (χ2n) is 5.69. The van der Waals surface area contributed by atoms with Crippen LogP contribution < -0.4 is 0 Å². The van der Waals surface area contributed by atoms with Crippen molar-refractivity contribution in [3.63, 3.8) is 0 Å². The number of hydrogen-bond donors (Lipinski definition) is 0. The average Bonchev–Trinajstić information content (AvgIpc) is 2.69. The summed E-state index contributed by atoms with van der Waals surface area (Å²) in [6.07, 6.45) is 3.17. The first-order valence-corrected chi connectivity index (χ1v) is 14.7. The van der Waals surface area contributed by atoms with Crippen molar-refractivity contribution in [2.75, 3.05) is 12.5 Å². The van der Waals surface area contributed by atoms with E-state index in [1.165, 1.54) is 29.2 Å². The monoisotopic (exact) mass is 712 g/mol. The van der Waals surface area contributed by atoms with E-state index in [1.807, 2.05) is 24.5 Å². The molecule has 0 N–H and O–H groups in total. The van der Waals surface area contributed by atoms with Crippen LogP contribution >= 0.6 is 94.4 Å². The Morgan fingerprint density at radius 1 is 0.774 bits per heavy atom. The summed E-state index contributed by atoms with van der Waals surface area (Å²) < 4.78 is 36.6. The molecule has 0 radical (unpaired) electrons. The van der Waals surface area contributed by atoms with Gasteiger partial charge in [0.25, 0.3) is 0 Å². The summed E-state index contributed by atoms with van der Waals surface area (Å²) in [6, 6.07) is 14.6. The molecule has 3 aromatic rings. The van der Waals surface area contributed by atoms with Gasteiger partial charge in [-0.05, 0) is 109 Å². The molecule has 0 aromatic heterocycles. The van der Waals surface area contributed by atoms with Crippen LogP contribution in [0.5, 0.6) is 0 Å². The zero-order valence-electron chi connectivity index (χ0n) is 16.0. The summed E-state index contributed by atoms with van der Waals surface area (Å²) in [4.78, 5) is 1.42. The Kier molecular flexibility index (Phi) is 13.0. The Hall–Kier alpha value is 0.200. The van der Waals surface area contributed by atoms with Gasteiger partial charge in [-0.3, -0.25) is 0 Å². The lowest BCUT2D eigenvalue weighted by molar-refractivity contribution is 0.602. The number of thioether (sulfide) groups is 1. The van der Waals surface area contributed by atoms with Gasteiger partial charge in [0.2, 0.25) is 0 Å². The predicted molar refractivity (Wildman–Crippen MR) is 142 cm³/mol. The molecule has 0 bridgehead atoms. The second kappa shape index (κ2) is 13.8. The number of rotatable bonds is 2. The van der Waals surface area contributed by atoms with E-state index in [4.69, 9.17) is 34.8 Å². The van der Waals surface area contributed by atoms with Crippen LogP contribution in [0, 0.1) is 5.82 Å². The van der Waals surface area contributed by atoms with Crippen molar-refractivity contribution in [3.05, 3.63) is 88.9 Å². The predicted octanol–water partition coefficient (Wildman–Crippen LogP) is 9.57. The molecule has 0 saturated heterocycles. The minimum atomic E-state index is -3.15. The van der Waals surface area contributed by atoms with Crippen molar-refractivity contribution in [1.29, 1.82) is 0 Å². The van der Waals surface area contributed by atoms with Gasteiger partial charge < -0.3 is 0 Å². The van der Waals surface area contributed by atoms with Gasteiger partial charge >= 0.3 is 0 Å². The maximum Gasteiger partial charge on any atom is 0.175 e. The summed E-state index contributed by atoms with van der Waals surface area (Å²) in [5.74, 6) is -0.316. The first kappa shape index (κ1) is 29.2. The third-order valence-corrected chi connectivity index (χ3v) is 8.86. The van der Waals surface area contributed by atoms with Crippen LogP contribution in [-0.2, 0) is 9.84 Å². The van der Waals surface area contributed by atoms with E-state index in [-0.39, 0.29) is 10.7 Å². The molecule has 0 spiro atoms. The van der Waals surface area contributed by atoms with Gasteiger partial charge in [0.15, 0.2) is 9.84 Å². The third-order valence-electron chi connectivity index (χ3n) is 3.33. The minimum absolute atomic E-state index is 0.232. The van der Waals surface area contributed by atoms with E-state index in [0.29, 0.717) is 19.0 Å². The number of halogens is 7. The molecule has 0 aliphatic heterocycles. The van der Waals surface area contributed by atoms with E-state index < -0.39 is 9.84 Å². The van der Waals surface area contributed by atoms with Crippen molar-refractivity contribution in [2.45, 2.75) is 9.79 Å². The van der Waals surface area contributed by atoms with Crippen LogP contribution in [0.3, 0.4) is 0 Å². The first-order valence-electron chi connectivity index (χ1n) is 8.10. The SMILES string of the molecule is CS(=O)(=O)c1ccc(Br)c(Cl)c1.CSc1ccc(Br)c(Cl)c1.Fc1ccc(Br)c(Cl)c1. The van der Waals surface area contributed by atoms with Gasteiger partial charge in [-0.1, -0.05) is 34.8 Å². The van der Waals surface area contributed by atoms with E-state index in [1.54, 1.807) is 23.9 Å². The van der Waals surface area contributed by atoms with Crippen molar-refractivity contribution in [1.82, 2.24) is 0 Å². The number of hydrogen-bond acceptors (Lipinski definition) is 3. The Morgan fingerprint density at radius 3 is 1.61 bits per heavy atom. The molecule has 0 amide bonds. The van der Waals surface area contributed by atoms with Crippen LogP contribution in [-0.4, -0.2) is 20.9 Å². The van der Waals surface area contributed by atoms with Gasteiger partial charge in [0, 0.05) is 24.6 Å². The van der Waals surface area contributed by atoms with Gasteiger partial charge in [-0.15, -0.1) is 11.8 Å². The largest absolute Gasteiger partial charge is 0.224 e. The molecular formula is C20H15Br3Cl3FO2S2. The second-order valence-corrected chi connectivity index (χ2v) is 12.4. The maximum atomic E-state index is 12.2. The normalized spacial score (nSPS) is 10.5. The molecule has 0 heterocycles. The molecule has 168 valence electrons. The molecule has 0 aliphatic carbocycles. The zero-order chi connectivity index (χ0) is 23.8. The molecule has 0 unspecified atom stereocenters. The van der Waals surface area contributed by atoms with Crippen molar-refractivity contribution in [2.24, 2.45) is 0 Å². The lowest BCUT2D eigenvalue weighted by atomic mass is 10.3. The lowest BCUT2D eigenvalue weighted by Gasteiger charge is -1.99. The molecule has 0 aliphatic rings. The molecule has 31 heavy (non-hydrogen) atoms. The highest BCUT2D eigenvalue weighted by Crippen LogP contribution is 2.27. The van der Waals surface area contributed by atoms with E-state index >= 15 is 0 Å². The lowest BCUT2D eigenvalue weighted by Crippen LogP contribution is -1.96. The minimum Gasteiger partial charge on any atom is -0.224 e. The smallest absolute Gasteiger partial charge is 0.175 e. The molecule has 3 rings (SSSR count). The third kappa shape index (κ3) is 10.8. The molecule has 0 fully saturated rings. The summed E-state index contributed by atoms with van der Waals surface area (Å²) in [5, 5.41) is 1.57. The number of sulfone groups is 1. The molecule has 3 aromatic carbocycles. The van der Waals surface area contributed by atoms with Crippen LogP contribution in [0.25, 0.3) is 0 Å². The van der Waals surface area contributed by atoms with Gasteiger partial charge in [-0.2, -0.15) is 0 Å². The highest BCUT2D eigenvalue weighted by Gasteiger charge is 2.08. The summed E-state index contributed by atoms with van der Waals surface area (Å²) in [7, 11) is -3.15. The fraction of sp³-hybridized carbons (Fsp3) is 0.100. The Bertz CT molecular complexity index is 1150. The summed E-state index contributed by atoms with van der Waals surface area (Å²) in [6.45, 7) is 0. The zero-order valence-corrected chi connectivity index (χ0v) is 24.6. The average molecular weight is 717 g/mol. The molecular weight excluding hydrogens is 701 g/mol. The fourth-order valence-corrected chi connectivity index (χ4v) is 4.27. The van der Waals surface area contributed by atoms with Gasteiger partial charge in [0.1, 0.15) is 5.82 Å². The van der Waals surface area contributed by atoms with E-state index in [0.717, 1.165) is 15.8 Å². The Labute approximate surface area is 226 Å². The number of benzene rings is 3. The fourth-order valence-electron chi connectivity index (χ4n) is 1.78. The molecule has 2 nitrogen and oxygen atoms in total. The Balaban J connectivity index is 0.000000235. The van der Waals surface area contributed by atoms with Crippen molar-refractivity contribution in [3.8, 4) is 0 Å². The highest BCUT2D eigenvalue weighted by atomic mass is 79.9. The molecule has 11 heteroatoms. The molecule has 0 saturated carbocycles. The van der Waals surface area contributed by atoms with Crippen LogP contribution in [0.2, 0.25) is 15.1 Å². The highest BCUT2D eigenvalue weighted by molar-refractivity contribution is 9.11. The Morgan fingerprint density at radius 2 is 1.23 bits per heavy atom. The van der Waals surface area contributed by atoms with Crippen molar-refractivity contribution >= 4 is 104 Å². The quantitative estimate of drug-likeness (QED) is 0.196. The topological polar surface area (TPSA) is 34.1 Å². The summed E-state index contributed by atoms with van der Waals surface area (Å²) >= 11 is 28.4. The van der Waals surface area contributed by atoms with Gasteiger partial charge in [-0.25, -0.2) is 12.8 Å². The first-order chi connectivity index (χ1) is 14.3. The van der Waals surface area contributed by atoms with E-state index in [9.17, 15) is 12.8 Å². The van der Waals surface area contributed by atoms with E-state index in [2.05, 4.69) is 47.8 Å². The summed E-state index contributed by atoms with van der Waals surface area (Å²) in [5.41, 5.74) is 0. The van der Waals surface area contributed by atoms with Crippen LogP contribution in [0.1, 0.15) is 0 Å². The maximum absolute atomic E-state index is 12.2. The van der Waals surface area contributed by atoms with Crippen LogP contribution in [0.4, 0.5) is 4.39 Å².